The molecule has 1 fully saturated rings. The third-order valence-corrected chi connectivity index (χ3v) is 5.71. The van der Waals surface area contributed by atoms with Gasteiger partial charge in [-0.2, -0.15) is 0 Å². The number of likely N-dealkylation sites (tertiary alicyclic amines) is 1. The minimum atomic E-state index is -0.578. The van der Waals surface area contributed by atoms with Crippen molar-refractivity contribution < 1.29 is 18.7 Å². The van der Waals surface area contributed by atoms with E-state index in [1.165, 1.54) is 11.8 Å². The number of likely N-dealkylation sites (N-methyl/N-ethyl adjacent to an activating group) is 1. The second-order valence-electron chi connectivity index (χ2n) is 8.42. The van der Waals surface area contributed by atoms with Gasteiger partial charge in [0, 0.05) is 38.3 Å². The Kier molecular flexibility index (Phi) is 8.26. The summed E-state index contributed by atoms with van der Waals surface area (Å²) in [6, 6.07) is 11.3. The maximum atomic E-state index is 13.0. The summed E-state index contributed by atoms with van der Waals surface area (Å²) >= 11 is 0. The molecule has 0 unspecified atom stereocenters. The fourth-order valence-corrected chi connectivity index (χ4v) is 4.08. The Balaban J connectivity index is 1.65. The molecule has 0 spiro atoms. The van der Waals surface area contributed by atoms with Gasteiger partial charge in [0.15, 0.2) is 5.76 Å². The van der Waals surface area contributed by atoms with Crippen molar-refractivity contribution in [2.75, 3.05) is 53.9 Å². The fraction of sp³-hybridized carbons (Fsp3) is 0.500. The van der Waals surface area contributed by atoms with Crippen molar-refractivity contribution in [2.45, 2.75) is 19.4 Å². The highest BCUT2D eigenvalue weighted by Crippen LogP contribution is 2.24. The summed E-state index contributed by atoms with van der Waals surface area (Å²) in [5.41, 5.74) is 1.17. The van der Waals surface area contributed by atoms with Gasteiger partial charge < -0.3 is 19.0 Å². The molecule has 0 aliphatic carbocycles. The zero-order valence-corrected chi connectivity index (χ0v) is 18.8. The van der Waals surface area contributed by atoms with E-state index in [9.17, 15) is 9.59 Å². The summed E-state index contributed by atoms with van der Waals surface area (Å²) in [7, 11) is 5.63. The molecule has 1 amide bonds. The molecular formula is C24H33N3O4. The molecule has 1 atom stereocenters. The number of ketones is 1. The quantitative estimate of drug-likeness (QED) is 0.429. The third-order valence-electron chi connectivity index (χ3n) is 5.71. The van der Waals surface area contributed by atoms with Crippen LogP contribution in [0.4, 0.5) is 0 Å². The maximum Gasteiger partial charge on any atom is 0.298 e. The Bertz CT molecular complexity index is 850. The van der Waals surface area contributed by atoms with Crippen LogP contribution >= 0.6 is 0 Å². The molecule has 1 aliphatic heterocycles. The standard InChI is InChI=1S/C24H33N3O4/c1-25(2)13-14-27(24(29)23(28)22-11-7-15-31-22)17-19-8-6-12-26(16-19)18-20-9-4-5-10-21(20)30-3/h4-5,7,9-11,15,19H,6,8,12-14,16-18H2,1-3H3/t19-/m1/s1. The van der Waals surface area contributed by atoms with Crippen LogP contribution in [0.25, 0.3) is 0 Å². The molecule has 0 saturated carbocycles. The minimum Gasteiger partial charge on any atom is -0.496 e. The smallest absolute Gasteiger partial charge is 0.298 e. The van der Waals surface area contributed by atoms with Crippen LogP contribution in [-0.2, 0) is 11.3 Å². The maximum absolute atomic E-state index is 13.0. The molecule has 1 aromatic heterocycles. The molecule has 2 aromatic rings. The number of benzene rings is 1. The van der Waals surface area contributed by atoms with Crippen LogP contribution in [0.15, 0.2) is 47.1 Å². The molecule has 7 nitrogen and oxygen atoms in total. The van der Waals surface area contributed by atoms with E-state index in [1.807, 2.05) is 37.2 Å². The molecule has 168 valence electrons. The predicted octanol–water partition coefficient (Wildman–Crippen LogP) is 2.77. The lowest BCUT2D eigenvalue weighted by atomic mass is 9.96. The van der Waals surface area contributed by atoms with Crippen LogP contribution in [0.1, 0.15) is 29.0 Å². The highest BCUT2D eigenvalue weighted by atomic mass is 16.5. The first-order valence-corrected chi connectivity index (χ1v) is 10.8. The number of Topliss-reactive ketones (excluding diaryl/α,β-unsaturated/α-hetero) is 1. The van der Waals surface area contributed by atoms with E-state index in [0.29, 0.717) is 25.6 Å². The highest BCUT2D eigenvalue weighted by Gasteiger charge is 2.29. The molecule has 7 heteroatoms. The van der Waals surface area contributed by atoms with Gasteiger partial charge >= 0.3 is 0 Å². The number of furan rings is 1. The molecule has 1 aromatic carbocycles. The summed E-state index contributed by atoms with van der Waals surface area (Å²) in [4.78, 5) is 31.7. The summed E-state index contributed by atoms with van der Waals surface area (Å²) in [6.07, 6.45) is 3.53. The molecule has 1 aliphatic rings. The van der Waals surface area contributed by atoms with Gasteiger partial charge in [0.05, 0.1) is 13.4 Å². The molecule has 31 heavy (non-hydrogen) atoms. The Morgan fingerprint density at radius 2 is 1.97 bits per heavy atom. The normalized spacial score (nSPS) is 17.0. The average Bonchev–Trinajstić information content (AvgIpc) is 3.31. The van der Waals surface area contributed by atoms with Gasteiger partial charge in [-0.1, -0.05) is 18.2 Å². The summed E-state index contributed by atoms with van der Waals surface area (Å²) in [5, 5.41) is 0. The van der Waals surface area contributed by atoms with Crippen LogP contribution in [-0.4, -0.2) is 80.3 Å². The monoisotopic (exact) mass is 427 g/mol. The minimum absolute atomic E-state index is 0.0984. The van der Waals surface area contributed by atoms with E-state index in [0.717, 1.165) is 38.2 Å². The van der Waals surface area contributed by atoms with E-state index in [1.54, 1.807) is 24.1 Å². The van der Waals surface area contributed by atoms with E-state index >= 15 is 0 Å². The van der Waals surface area contributed by atoms with Crippen molar-refractivity contribution in [1.29, 1.82) is 0 Å². The van der Waals surface area contributed by atoms with Crippen LogP contribution in [0.3, 0.4) is 0 Å². The number of rotatable bonds is 10. The van der Waals surface area contributed by atoms with Crippen molar-refractivity contribution in [2.24, 2.45) is 5.92 Å². The van der Waals surface area contributed by atoms with Gasteiger partial charge in [-0.05, 0) is 57.6 Å². The second kappa shape index (κ2) is 11.1. The molecule has 2 heterocycles. The van der Waals surface area contributed by atoms with E-state index in [2.05, 4.69) is 11.0 Å². The van der Waals surface area contributed by atoms with Gasteiger partial charge in [-0.25, -0.2) is 0 Å². The molecular weight excluding hydrogens is 394 g/mol. The number of carbonyl (C=O) groups is 2. The Labute approximate surface area is 184 Å². The lowest BCUT2D eigenvalue weighted by Gasteiger charge is -2.36. The van der Waals surface area contributed by atoms with Crippen LogP contribution in [0.5, 0.6) is 5.75 Å². The van der Waals surface area contributed by atoms with E-state index in [4.69, 9.17) is 9.15 Å². The van der Waals surface area contributed by atoms with Crippen molar-refractivity contribution in [3.8, 4) is 5.75 Å². The first-order valence-electron chi connectivity index (χ1n) is 10.8. The largest absolute Gasteiger partial charge is 0.496 e. The zero-order valence-electron chi connectivity index (χ0n) is 18.8. The molecule has 0 bridgehead atoms. The van der Waals surface area contributed by atoms with E-state index < -0.39 is 11.7 Å². The number of ether oxygens (including phenoxy) is 1. The molecule has 0 N–H and O–H groups in total. The van der Waals surface area contributed by atoms with Gasteiger partial charge in [0.1, 0.15) is 5.75 Å². The number of piperidine rings is 1. The summed E-state index contributed by atoms with van der Waals surface area (Å²) in [6.45, 7) is 4.51. The van der Waals surface area contributed by atoms with Crippen molar-refractivity contribution in [3.63, 3.8) is 0 Å². The SMILES string of the molecule is COc1ccccc1CN1CCC[C@@H](CN(CCN(C)C)C(=O)C(=O)c2ccco2)C1. The lowest BCUT2D eigenvalue weighted by Crippen LogP contribution is -2.46. The van der Waals surface area contributed by atoms with Crippen LogP contribution in [0.2, 0.25) is 0 Å². The zero-order chi connectivity index (χ0) is 22.2. The second-order valence-corrected chi connectivity index (χ2v) is 8.42. The van der Waals surface area contributed by atoms with Crippen LogP contribution < -0.4 is 4.74 Å². The number of hydrogen-bond donors (Lipinski definition) is 0. The molecule has 3 rings (SSSR count). The number of nitrogens with zero attached hydrogens (tertiary/aromatic N) is 3. The Morgan fingerprint density at radius 3 is 2.68 bits per heavy atom. The number of para-hydroxylation sites is 1. The van der Waals surface area contributed by atoms with Gasteiger partial charge in [0.25, 0.3) is 11.7 Å². The lowest BCUT2D eigenvalue weighted by molar-refractivity contribution is -0.127. The topological polar surface area (TPSA) is 66.2 Å². The van der Waals surface area contributed by atoms with Crippen LogP contribution in [0, 0.1) is 5.92 Å². The Morgan fingerprint density at radius 1 is 1.16 bits per heavy atom. The summed E-state index contributed by atoms with van der Waals surface area (Å²) in [5.74, 6) is 0.251. The third kappa shape index (κ3) is 6.42. The average molecular weight is 428 g/mol. The predicted molar refractivity (Wildman–Crippen MR) is 119 cm³/mol. The highest BCUT2D eigenvalue weighted by molar-refractivity contribution is 6.41. The number of methoxy groups -OCH3 is 1. The number of amides is 1. The number of hydrogen-bond acceptors (Lipinski definition) is 6. The van der Waals surface area contributed by atoms with Crippen molar-refractivity contribution in [1.82, 2.24) is 14.7 Å². The van der Waals surface area contributed by atoms with Crippen molar-refractivity contribution in [3.05, 3.63) is 54.0 Å². The fourth-order valence-electron chi connectivity index (χ4n) is 4.08. The van der Waals surface area contributed by atoms with Gasteiger partial charge in [-0.3, -0.25) is 14.5 Å². The first-order chi connectivity index (χ1) is 15.0. The Hall–Kier alpha value is -2.64. The van der Waals surface area contributed by atoms with Crippen molar-refractivity contribution >= 4 is 11.7 Å². The van der Waals surface area contributed by atoms with E-state index in [-0.39, 0.29) is 5.76 Å². The summed E-state index contributed by atoms with van der Waals surface area (Å²) < 4.78 is 10.7. The molecule has 0 radical (unpaired) electrons. The molecule has 1 saturated heterocycles. The number of carbonyl (C=O) groups excluding carboxylic acids is 2. The first kappa shape index (κ1) is 23.0. The van der Waals surface area contributed by atoms with Gasteiger partial charge in [-0.15, -0.1) is 0 Å². The van der Waals surface area contributed by atoms with Gasteiger partial charge in [0.2, 0.25) is 0 Å².